The molecule has 1 atom stereocenters. The lowest BCUT2D eigenvalue weighted by Gasteiger charge is -2.35. The molecular formula is C19H22FN3O. The Kier molecular flexibility index (Phi) is 5.54. The van der Waals surface area contributed by atoms with Gasteiger partial charge in [0.25, 0.3) is 0 Å². The van der Waals surface area contributed by atoms with E-state index in [0.29, 0.717) is 13.0 Å². The van der Waals surface area contributed by atoms with Crippen LogP contribution in [-0.2, 0) is 4.79 Å². The van der Waals surface area contributed by atoms with Crippen LogP contribution in [0.25, 0.3) is 0 Å². The summed E-state index contributed by atoms with van der Waals surface area (Å²) in [4.78, 5) is 18.9. The number of nitrogens with zero attached hydrogens (tertiary/aromatic N) is 2. The molecule has 4 nitrogen and oxygen atoms in total. The third-order valence-corrected chi connectivity index (χ3v) is 4.42. The summed E-state index contributed by atoms with van der Waals surface area (Å²) in [5.41, 5.74) is 1.30. The predicted molar refractivity (Wildman–Crippen MR) is 92.0 cm³/mol. The Bertz CT molecular complexity index is 677. The van der Waals surface area contributed by atoms with Crippen molar-refractivity contribution in [3.63, 3.8) is 0 Å². The number of para-hydroxylation sites is 1. The normalized spacial score (nSPS) is 18.3. The molecule has 1 amide bonds. The topological polar surface area (TPSA) is 45.2 Å². The number of rotatable bonds is 5. The zero-order chi connectivity index (χ0) is 16.8. The summed E-state index contributed by atoms with van der Waals surface area (Å²) in [6.07, 6.45) is 5.54. The number of nitrogens with one attached hydrogen (secondary N) is 1. The minimum absolute atomic E-state index is 0.162. The van der Waals surface area contributed by atoms with Crippen molar-refractivity contribution in [2.24, 2.45) is 0 Å². The fourth-order valence-corrected chi connectivity index (χ4v) is 3.19. The smallest absolute Gasteiger partial charge is 0.225 e. The van der Waals surface area contributed by atoms with Crippen LogP contribution in [0.15, 0.2) is 48.7 Å². The first-order valence-corrected chi connectivity index (χ1v) is 8.43. The van der Waals surface area contributed by atoms with Gasteiger partial charge in [0.2, 0.25) is 5.91 Å². The zero-order valence-corrected chi connectivity index (χ0v) is 13.6. The van der Waals surface area contributed by atoms with E-state index < -0.39 is 5.82 Å². The van der Waals surface area contributed by atoms with Crippen molar-refractivity contribution >= 4 is 11.6 Å². The fourth-order valence-electron chi connectivity index (χ4n) is 3.19. The number of piperidine rings is 1. The number of benzene rings is 1. The zero-order valence-electron chi connectivity index (χ0n) is 13.6. The summed E-state index contributed by atoms with van der Waals surface area (Å²) in [6, 6.07) is 12.5. The largest absolute Gasteiger partial charge is 0.324 e. The lowest BCUT2D eigenvalue weighted by molar-refractivity contribution is -0.116. The molecule has 1 aromatic heterocycles. The van der Waals surface area contributed by atoms with Crippen LogP contribution in [0.1, 0.15) is 37.4 Å². The maximum Gasteiger partial charge on any atom is 0.225 e. The molecule has 1 fully saturated rings. The number of amides is 1. The highest BCUT2D eigenvalue weighted by Crippen LogP contribution is 2.29. The molecule has 1 aliphatic rings. The second-order valence-corrected chi connectivity index (χ2v) is 6.08. The molecule has 1 saturated heterocycles. The highest BCUT2D eigenvalue weighted by molar-refractivity contribution is 5.90. The van der Waals surface area contributed by atoms with E-state index in [0.717, 1.165) is 25.1 Å². The average molecular weight is 327 g/mol. The molecule has 0 unspecified atom stereocenters. The molecule has 2 heterocycles. The van der Waals surface area contributed by atoms with Crippen molar-refractivity contribution in [2.75, 3.05) is 18.4 Å². The molecule has 2 aromatic rings. The standard InChI is InChI=1S/C19H22FN3O/c20-15-7-1-2-8-16(15)22-19(24)11-14-23-13-6-4-10-18(23)17-9-3-5-12-21-17/h1-3,5,7-9,12,18H,4,6,10-11,13-14H2,(H,22,24)/t18-/m1/s1. The number of aromatic nitrogens is 1. The van der Waals surface area contributed by atoms with Gasteiger partial charge in [-0.15, -0.1) is 0 Å². The highest BCUT2D eigenvalue weighted by atomic mass is 19.1. The number of anilines is 1. The van der Waals surface area contributed by atoms with E-state index in [9.17, 15) is 9.18 Å². The molecular weight excluding hydrogens is 305 g/mol. The molecule has 24 heavy (non-hydrogen) atoms. The van der Waals surface area contributed by atoms with Crippen LogP contribution in [0.2, 0.25) is 0 Å². The van der Waals surface area contributed by atoms with Crippen LogP contribution in [0, 0.1) is 5.82 Å². The first-order chi connectivity index (χ1) is 11.7. The molecule has 0 spiro atoms. The molecule has 1 aromatic carbocycles. The third kappa shape index (κ3) is 4.17. The summed E-state index contributed by atoms with van der Waals surface area (Å²) in [6.45, 7) is 1.62. The van der Waals surface area contributed by atoms with Gasteiger partial charge < -0.3 is 5.32 Å². The molecule has 1 aliphatic heterocycles. The Balaban J connectivity index is 1.58. The van der Waals surface area contributed by atoms with Gasteiger partial charge in [-0.2, -0.15) is 0 Å². The van der Waals surface area contributed by atoms with Crippen molar-refractivity contribution in [1.82, 2.24) is 9.88 Å². The van der Waals surface area contributed by atoms with Crippen LogP contribution < -0.4 is 5.32 Å². The number of halogens is 1. The Morgan fingerprint density at radius 3 is 2.83 bits per heavy atom. The summed E-state index contributed by atoms with van der Waals surface area (Å²) in [5.74, 6) is -0.569. The second-order valence-electron chi connectivity index (χ2n) is 6.08. The third-order valence-electron chi connectivity index (χ3n) is 4.42. The van der Waals surface area contributed by atoms with Gasteiger partial charge in [-0.3, -0.25) is 14.7 Å². The lowest BCUT2D eigenvalue weighted by atomic mass is 9.98. The first kappa shape index (κ1) is 16.6. The van der Waals surface area contributed by atoms with Gasteiger partial charge in [0.15, 0.2) is 0 Å². The van der Waals surface area contributed by atoms with E-state index in [1.165, 1.54) is 12.5 Å². The predicted octanol–water partition coefficient (Wildman–Crippen LogP) is 3.78. The quantitative estimate of drug-likeness (QED) is 0.909. The molecule has 1 N–H and O–H groups in total. The fraction of sp³-hybridized carbons (Fsp3) is 0.368. The highest BCUT2D eigenvalue weighted by Gasteiger charge is 2.25. The van der Waals surface area contributed by atoms with Crippen molar-refractivity contribution in [3.05, 3.63) is 60.2 Å². The minimum Gasteiger partial charge on any atom is -0.324 e. The molecule has 126 valence electrons. The van der Waals surface area contributed by atoms with Gasteiger partial charge in [0.1, 0.15) is 5.82 Å². The Morgan fingerprint density at radius 1 is 1.21 bits per heavy atom. The van der Waals surface area contributed by atoms with Gasteiger partial charge in [-0.25, -0.2) is 4.39 Å². The summed E-state index contributed by atoms with van der Waals surface area (Å²) < 4.78 is 13.6. The van der Waals surface area contributed by atoms with Gasteiger partial charge in [-0.05, 0) is 43.7 Å². The summed E-state index contributed by atoms with van der Waals surface area (Å²) in [5, 5.41) is 2.65. The van der Waals surface area contributed by atoms with E-state index in [-0.39, 0.29) is 17.6 Å². The molecule has 3 rings (SSSR count). The number of carbonyl (C=O) groups excluding carboxylic acids is 1. The van der Waals surface area contributed by atoms with Crippen molar-refractivity contribution < 1.29 is 9.18 Å². The summed E-state index contributed by atoms with van der Waals surface area (Å²) >= 11 is 0. The van der Waals surface area contributed by atoms with Crippen molar-refractivity contribution in [1.29, 1.82) is 0 Å². The monoisotopic (exact) mass is 327 g/mol. The van der Waals surface area contributed by atoms with E-state index >= 15 is 0 Å². The van der Waals surface area contributed by atoms with Gasteiger partial charge in [0, 0.05) is 19.2 Å². The van der Waals surface area contributed by atoms with E-state index in [2.05, 4.69) is 15.2 Å². The van der Waals surface area contributed by atoms with Gasteiger partial charge in [-0.1, -0.05) is 24.6 Å². The van der Waals surface area contributed by atoms with Crippen molar-refractivity contribution in [3.8, 4) is 0 Å². The number of likely N-dealkylation sites (tertiary alicyclic amines) is 1. The van der Waals surface area contributed by atoms with Crippen LogP contribution in [0.3, 0.4) is 0 Å². The molecule has 0 aliphatic carbocycles. The SMILES string of the molecule is O=C(CCN1CCCC[C@@H]1c1ccccn1)Nc1ccccc1F. The second kappa shape index (κ2) is 8.02. The number of pyridine rings is 1. The Morgan fingerprint density at radius 2 is 2.04 bits per heavy atom. The van der Waals surface area contributed by atoms with Crippen molar-refractivity contribution in [2.45, 2.75) is 31.7 Å². The maximum atomic E-state index is 13.6. The van der Waals surface area contributed by atoms with Gasteiger partial charge in [0.05, 0.1) is 17.4 Å². The van der Waals surface area contributed by atoms with E-state index in [1.54, 1.807) is 18.2 Å². The average Bonchev–Trinajstić information content (AvgIpc) is 2.63. The molecule has 0 bridgehead atoms. The first-order valence-electron chi connectivity index (χ1n) is 8.43. The van der Waals surface area contributed by atoms with E-state index in [4.69, 9.17) is 0 Å². The van der Waals surface area contributed by atoms with Gasteiger partial charge >= 0.3 is 0 Å². The summed E-state index contributed by atoms with van der Waals surface area (Å²) in [7, 11) is 0. The lowest BCUT2D eigenvalue weighted by Crippen LogP contribution is -2.36. The Hall–Kier alpha value is -2.27. The maximum absolute atomic E-state index is 13.6. The molecule has 0 radical (unpaired) electrons. The molecule has 5 heteroatoms. The van der Waals surface area contributed by atoms with Crippen LogP contribution in [-0.4, -0.2) is 28.9 Å². The van der Waals surface area contributed by atoms with Crippen LogP contribution in [0.5, 0.6) is 0 Å². The Labute approximate surface area is 141 Å². The van der Waals surface area contributed by atoms with Crippen LogP contribution in [0.4, 0.5) is 10.1 Å². The minimum atomic E-state index is -0.407. The van der Waals surface area contributed by atoms with Crippen LogP contribution >= 0.6 is 0 Å². The number of hydrogen-bond donors (Lipinski definition) is 1. The molecule has 0 saturated carbocycles. The van der Waals surface area contributed by atoms with E-state index in [1.807, 2.05) is 24.4 Å². The number of hydrogen-bond acceptors (Lipinski definition) is 3. The number of carbonyl (C=O) groups is 1.